The van der Waals surface area contributed by atoms with Crippen molar-refractivity contribution in [2.75, 3.05) is 13.7 Å². The molecule has 1 aliphatic rings. The van der Waals surface area contributed by atoms with Gasteiger partial charge in [-0.05, 0) is 19.9 Å². The molecule has 0 amide bonds. The molecule has 0 aliphatic carbocycles. The number of aromatic amines is 1. The Morgan fingerprint density at radius 3 is 2.48 bits per heavy atom. The highest BCUT2D eigenvalue weighted by Gasteiger charge is 2.65. The highest BCUT2D eigenvalue weighted by atomic mass is 19.4. The van der Waals surface area contributed by atoms with Gasteiger partial charge >= 0.3 is 6.18 Å². The van der Waals surface area contributed by atoms with E-state index in [4.69, 9.17) is 9.47 Å². The predicted octanol–water partition coefficient (Wildman–Crippen LogP) is 4.27. The summed E-state index contributed by atoms with van der Waals surface area (Å²) in [6.45, 7) is 4.91. The van der Waals surface area contributed by atoms with Crippen molar-refractivity contribution < 1.29 is 36.5 Å². The molecule has 0 bridgehead atoms. The Morgan fingerprint density at radius 2 is 1.97 bits per heavy atom. The molecule has 33 heavy (non-hydrogen) atoms. The maximum Gasteiger partial charge on any atom is 0.417 e. The number of aliphatic hydroxyl groups is 1. The van der Waals surface area contributed by atoms with E-state index < -0.39 is 58.6 Å². The lowest BCUT2D eigenvalue weighted by Gasteiger charge is -2.32. The van der Waals surface area contributed by atoms with Crippen LogP contribution >= 0.6 is 0 Å². The van der Waals surface area contributed by atoms with Crippen molar-refractivity contribution >= 4 is 0 Å². The van der Waals surface area contributed by atoms with Crippen LogP contribution in [0, 0.1) is 24.5 Å². The summed E-state index contributed by atoms with van der Waals surface area (Å²) in [5.41, 5.74) is -2.96. The minimum Gasteiger partial charge on any atom is -0.493 e. The minimum absolute atomic E-state index is 0.0463. The maximum absolute atomic E-state index is 14.4. The molecule has 0 spiro atoms. The number of ether oxygens (including phenoxy) is 2. The van der Waals surface area contributed by atoms with Gasteiger partial charge in [-0.2, -0.15) is 17.6 Å². The van der Waals surface area contributed by atoms with Crippen LogP contribution in [-0.4, -0.2) is 40.6 Å². The third kappa shape index (κ3) is 4.01. The fraction of sp³-hybridized carbons (Fsp3) is 0.545. The molecule has 1 saturated heterocycles. The highest BCUT2D eigenvalue weighted by Crippen LogP contribution is 2.59. The van der Waals surface area contributed by atoms with Crippen LogP contribution in [0.4, 0.5) is 22.0 Å². The number of aliphatic hydroxyl groups excluding tert-OH is 1. The second-order valence-corrected chi connectivity index (χ2v) is 8.48. The molecular weight excluding hydrogens is 451 g/mol. The first kappa shape index (κ1) is 25.1. The van der Waals surface area contributed by atoms with E-state index in [0.717, 1.165) is 26.2 Å². The zero-order valence-electron chi connectivity index (χ0n) is 18.7. The van der Waals surface area contributed by atoms with Gasteiger partial charge < -0.3 is 19.6 Å². The van der Waals surface area contributed by atoms with Crippen LogP contribution in [-0.2, 0) is 4.74 Å². The number of aromatic nitrogens is 2. The van der Waals surface area contributed by atoms with Gasteiger partial charge in [-0.15, -0.1) is 0 Å². The molecule has 11 heteroatoms. The van der Waals surface area contributed by atoms with Crippen molar-refractivity contribution in [3.63, 3.8) is 0 Å². The van der Waals surface area contributed by atoms with Crippen LogP contribution in [0.3, 0.4) is 0 Å². The van der Waals surface area contributed by atoms with Gasteiger partial charge in [-0.3, -0.25) is 4.79 Å². The van der Waals surface area contributed by atoms with E-state index in [1.54, 1.807) is 6.92 Å². The van der Waals surface area contributed by atoms with Gasteiger partial charge in [0, 0.05) is 41.2 Å². The molecule has 2 aromatic rings. The van der Waals surface area contributed by atoms with Crippen molar-refractivity contribution in [3.8, 4) is 5.75 Å². The van der Waals surface area contributed by atoms with Crippen molar-refractivity contribution in [2.24, 2.45) is 5.92 Å². The monoisotopic (exact) mass is 476 g/mol. The summed E-state index contributed by atoms with van der Waals surface area (Å²) >= 11 is 0. The molecule has 182 valence electrons. The first-order valence-corrected chi connectivity index (χ1v) is 10.3. The molecule has 1 fully saturated rings. The first-order valence-electron chi connectivity index (χ1n) is 10.3. The Labute approximate surface area is 186 Å². The number of nitrogens with zero attached hydrogens (tertiary/aromatic N) is 1. The quantitative estimate of drug-likeness (QED) is 0.630. The van der Waals surface area contributed by atoms with E-state index in [1.165, 1.54) is 13.8 Å². The van der Waals surface area contributed by atoms with Gasteiger partial charge in [-0.1, -0.05) is 19.9 Å². The molecule has 1 aliphatic heterocycles. The Morgan fingerprint density at radius 1 is 1.33 bits per heavy atom. The van der Waals surface area contributed by atoms with Gasteiger partial charge in [0.05, 0.1) is 7.11 Å². The smallest absolute Gasteiger partial charge is 0.417 e. The number of nitrogens with one attached hydrogen (secondary N) is 1. The highest BCUT2D eigenvalue weighted by molar-refractivity contribution is 5.41. The molecule has 5 atom stereocenters. The molecule has 0 radical (unpaired) electrons. The standard InChI is InChI=1S/C22H25F5N2O4/c1-9(8-30)14-11(3)28-19(29-20(14)31)18-15(10(2)21(4,33-18)22(25,26)27)12-6-7-13(23)16(24)17(12)32-5/h6-7,9-10,15,18,30H,8H2,1-5H3,(H,28,29,31)/t9-,10+,15+,18-,21?/m1/s1. The summed E-state index contributed by atoms with van der Waals surface area (Å²) in [5, 5.41) is 9.40. The summed E-state index contributed by atoms with van der Waals surface area (Å²) in [6.07, 6.45) is -6.26. The SMILES string of the molecule is COc1c([C@H]2[C@H](c3nc(C)c([C@H](C)CO)c(=O)[nH]3)OC(C)(C(F)(F)F)[C@H]2C)ccc(F)c1F. The number of hydrogen-bond donors (Lipinski definition) is 2. The molecular formula is C22H25F5N2O4. The minimum atomic E-state index is -4.81. The van der Waals surface area contributed by atoms with Crippen molar-refractivity contribution in [2.45, 2.75) is 57.4 Å². The van der Waals surface area contributed by atoms with Gasteiger partial charge in [0.1, 0.15) is 11.9 Å². The average Bonchev–Trinajstić information content (AvgIpc) is 3.01. The number of methoxy groups -OCH3 is 1. The van der Waals surface area contributed by atoms with Gasteiger partial charge in [0.2, 0.25) is 5.82 Å². The molecule has 1 unspecified atom stereocenters. The lowest BCUT2D eigenvalue weighted by molar-refractivity contribution is -0.275. The van der Waals surface area contributed by atoms with Crippen LogP contribution in [0.2, 0.25) is 0 Å². The van der Waals surface area contributed by atoms with Crippen molar-refractivity contribution in [1.82, 2.24) is 9.97 Å². The molecule has 3 rings (SSSR count). The van der Waals surface area contributed by atoms with E-state index in [9.17, 15) is 31.9 Å². The topological polar surface area (TPSA) is 84.4 Å². The van der Waals surface area contributed by atoms with E-state index in [0.29, 0.717) is 0 Å². The number of H-pyrrole nitrogens is 1. The molecule has 6 nitrogen and oxygen atoms in total. The number of halogens is 5. The van der Waals surface area contributed by atoms with Gasteiger partial charge in [0.15, 0.2) is 17.2 Å². The van der Waals surface area contributed by atoms with Crippen LogP contribution in [0.5, 0.6) is 5.75 Å². The first-order chi connectivity index (χ1) is 15.3. The van der Waals surface area contributed by atoms with Crippen LogP contribution < -0.4 is 10.3 Å². The fourth-order valence-corrected chi connectivity index (χ4v) is 4.47. The van der Waals surface area contributed by atoms with Crippen LogP contribution in [0.25, 0.3) is 0 Å². The van der Waals surface area contributed by atoms with Crippen LogP contribution in [0.1, 0.15) is 61.4 Å². The Balaban J connectivity index is 2.25. The third-order valence-corrected chi connectivity index (χ3v) is 6.51. The Hall–Kier alpha value is -2.53. The van der Waals surface area contributed by atoms with Gasteiger partial charge in [0.25, 0.3) is 5.56 Å². The normalized spacial score (nSPS) is 26.5. The van der Waals surface area contributed by atoms with E-state index in [1.807, 2.05) is 0 Å². The summed E-state index contributed by atoms with van der Waals surface area (Å²) in [4.78, 5) is 19.4. The largest absolute Gasteiger partial charge is 0.493 e. The Bertz CT molecular complexity index is 1100. The number of hydrogen-bond acceptors (Lipinski definition) is 5. The molecule has 2 N–H and O–H groups in total. The summed E-state index contributed by atoms with van der Waals surface area (Å²) in [7, 11) is 1.08. The molecule has 1 aromatic heterocycles. The number of benzene rings is 1. The van der Waals surface area contributed by atoms with E-state index in [-0.39, 0.29) is 29.3 Å². The number of alkyl halides is 3. The fourth-order valence-electron chi connectivity index (χ4n) is 4.47. The average molecular weight is 476 g/mol. The Kier molecular flexibility index (Phi) is 6.60. The zero-order chi connectivity index (χ0) is 24.9. The third-order valence-electron chi connectivity index (χ3n) is 6.51. The summed E-state index contributed by atoms with van der Waals surface area (Å²) in [5.74, 6) is -6.33. The van der Waals surface area contributed by atoms with E-state index >= 15 is 0 Å². The summed E-state index contributed by atoms with van der Waals surface area (Å²) in [6, 6.07) is 1.94. The predicted molar refractivity (Wildman–Crippen MR) is 108 cm³/mol. The van der Waals surface area contributed by atoms with Crippen molar-refractivity contribution in [1.29, 1.82) is 0 Å². The number of rotatable bonds is 5. The second kappa shape index (κ2) is 8.68. The lowest BCUT2D eigenvalue weighted by Crippen LogP contribution is -2.46. The van der Waals surface area contributed by atoms with E-state index in [2.05, 4.69) is 9.97 Å². The van der Waals surface area contributed by atoms with Crippen LogP contribution in [0.15, 0.2) is 16.9 Å². The zero-order valence-corrected chi connectivity index (χ0v) is 18.7. The summed E-state index contributed by atoms with van der Waals surface area (Å²) < 4.78 is 80.9. The molecule has 1 aromatic carbocycles. The second-order valence-electron chi connectivity index (χ2n) is 8.48. The van der Waals surface area contributed by atoms with Gasteiger partial charge in [-0.25, -0.2) is 9.37 Å². The maximum atomic E-state index is 14.4. The molecule has 2 heterocycles. The lowest BCUT2D eigenvalue weighted by atomic mass is 9.77. The van der Waals surface area contributed by atoms with Crippen molar-refractivity contribution in [3.05, 3.63) is 56.8 Å². The molecule has 0 saturated carbocycles. The number of aryl methyl sites for hydroxylation is 1.